The lowest BCUT2D eigenvalue weighted by molar-refractivity contribution is -0.153. The molecule has 2 heterocycles. The van der Waals surface area contributed by atoms with Gasteiger partial charge in [0, 0.05) is 0 Å². The minimum Gasteiger partial charge on any atom is -0.465 e. The first-order chi connectivity index (χ1) is 7.74. The van der Waals surface area contributed by atoms with Crippen molar-refractivity contribution in [2.75, 3.05) is 13.2 Å². The molecule has 3 fully saturated rings. The lowest BCUT2D eigenvalue weighted by Crippen LogP contribution is -2.25. The Labute approximate surface area is 95.3 Å². The monoisotopic (exact) mass is 226 g/mol. The van der Waals surface area contributed by atoms with Gasteiger partial charge in [0.15, 0.2) is 0 Å². The van der Waals surface area contributed by atoms with Gasteiger partial charge in [0.1, 0.15) is 0 Å². The molecular formula is C12H18O4. The van der Waals surface area contributed by atoms with Crippen molar-refractivity contribution in [2.45, 2.75) is 38.5 Å². The van der Waals surface area contributed by atoms with Crippen LogP contribution in [-0.4, -0.2) is 25.2 Å². The Morgan fingerprint density at radius 2 is 1.12 bits per heavy atom. The second-order valence-electron chi connectivity index (χ2n) is 4.75. The fourth-order valence-electron chi connectivity index (χ4n) is 2.33. The third kappa shape index (κ3) is 3.22. The topological polar surface area (TPSA) is 52.6 Å². The molecule has 1 saturated carbocycles. The fraction of sp³-hybridized carbons (Fsp3) is 0.833. The Balaban J connectivity index is 1.92. The first-order valence-electron chi connectivity index (χ1n) is 6.05. The summed E-state index contributed by atoms with van der Waals surface area (Å²) in [6.07, 6.45) is 4.61. The normalized spacial score (nSPS) is 32.2. The average Bonchev–Trinajstić information content (AvgIpc) is 2.31. The number of rotatable bonds is 0. The quantitative estimate of drug-likeness (QED) is 0.590. The van der Waals surface area contributed by atoms with Crippen molar-refractivity contribution in [1.82, 2.24) is 0 Å². The van der Waals surface area contributed by atoms with Crippen LogP contribution in [0.25, 0.3) is 0 Å². The van der Waals surface area contributed by atoms with Crippen molar-refractivity contribution in [3.8, 4) is 0 Å². The van der Waals surface area contributed by atoms with Crippen LogP contribution in [0.2, 0.25) is 0 Å². The van der Waals surface area contributed by atoms with Gasteiger partial charge < -0.3 is 9.47 Å². The van der Waals surface area contributed by atoms with Crippen LogP contribution in [0.1, 0.15) is 38.5 Å². The minimum atomic E-state index is -0.278. The maximum absolute atomic E-state index is 11.3. The lowest BCUT2D eigenvalue weighted by Gasteiger charge is -2.28. The maximum Gasteiger partial charge on any atom is 0.306 e. The van der Waals surface area contributed by atoms with E-state index in [-0.39, 0.29) is 24.8 Å². The zero-order valence-corrected chi connectivity index (χ0v) is 9.44. The summed E-state index contributed by atoms with van der Waals surface area (Å²) in [4.78, 5) is 22.6. The molecule has 90 valence electrons. The van der Waals surface area contributed by atoms with Gasteiger partial charge >= 0.3 is 11.9 Å². The van der Waals surface area contributed by atoms with E-state index in [1.165, 1.54) is 0 Å². The molecule has 0 radical (unpaired) electrons. The van der Waals surface area contributed by atoms with Crippen LogP contribution in [0.15, 0.2) is 0 Å². The molecule has 0 N–H and O–H groups in total. The Kier molecular flexibility index (Phi) is 3.80. The summed E-state index contributed by atoms with van der Waals surface area (Å²) in [5.74, 6) is 0.463. The molecule has 4 heteroatoms. The molecule has 0 aromatic rings. The SMILES string of the molecule is O=C1CCC(=O)OC[C@H]2CC[C@@H](CC2)CO1. The van der Waals surface area contributed by atoms with Crippen LogP contribution in [0.3, 0.4) is 0 Å². The van der Waals surface area contributed by atoms with Crippen LogP contribution >= 0.6 is 0 Å². The van der Waals surface area contributed by atoms with E-state index in [4.69, 9.17) is 9.47 Å². The molecule has 0 atom stereocenters. The molecular weight excluding hydrogens is 208 g/mol. The minimum absolute atomic E-state index is 0.149. The number of esters is 2. The van der Waals surface area contributed by atoms with Gasteiger partial charge in [-0.3, -0.25) is 9.59 Å². The van der Waals surface area contributed by atoms with E-state index in [1.807, 2.05) is 0 Å². The summed E-state index contributed by atoms with van der Waals surface area (Å²) in [5.41, 5.74) is 0. The van der Waals surface area contributed by atoms with Crippen LogP contribution in [0.5, 0.6) is 0 Å². The fourth-order valence-corrected chi connectivity index (χ4v) is 2.33. The Bertz CT molecular complexity index is 238. The summed E-state index contributed by atoms with van der Waals surface area (Å²) >= 11 is 0. The van der Waals surface area contributed by atoms with Crippen molar-refractivity contribution in [3.63, 3.8) is 0 Å². The Morgan fingerprint density at radius 1 is 0.750 bits per heavy atom. The molecule has 3 aliphatic rings. The molecule has 0 spiro atoms. The van der Waals surface area contributed by atoms with Crippen molar-refractivity contribution in [3.05, 3.63) is 0 Å². The van der Waals surface area contributed by atoms with Crippen LogP contribution < -0.4 is 0 Å². The van der Waals surface area contributed by atoms with Gasteiger partial charge in [-0.1, -0.05) is 0 Å². The number of carbonyl (C=O) groups excluding carboxylic acids is 2. The summed E-state index contributed by atoms with van der Waals surface area (Å²) in [5, 5.41) is 0. The molecule has 1 aliphatic carbocycles. The van der Waals surface area contributed by atoms with E-state index < -0.39 is 0 Å². The van der Waals surface area contributed by atoms with Gasteiger partial charge in [0.05, 0.1) is 26.1 Å². The van der Waals surface area contributed by atoms with E-state index in [1.54, 1.807) is 0 Å². The molecule has 0 amide bonds. The summed E-state index contributed by atoms with van der Waals surface area (Å²) in [7, 11) is 0. The van der Waals surface area contributed by atoms with Crippen molar-refractivity contribution in [2.24, 2.45) is 11.8 Å². The highest BCUT2D eigenvalue weighted by atomic mass is 16.5. The maximum atomic E-state index is 11.3. The highest BCUT2D eigenvalue weighted by molar-refractivity contribution is 5.77. The zero-order valence-electron chi connectivity index (χ0n) is 9.44. The van der Waals surface area contributed by atoms with E-state index in [9.17, 15) is 9.59 Å². The number of carbonyl (C=O) groups is 2. The van der Waals surface area contributed by atoms with E-state index in [0.717, 1.165) is 25.7 Å². The zero-order chi connectivity index (χ0) is 11.4. The smallest absolute Gasteiger partial charge is 0.306 e. The molecule has 2 bridgehead atoms. The van der Waals surface area contributed by atoms with Crippen molar-refractivity contribution >= 4 is 11.9 Å². The highest BCUT2D eigenvalue weighted by Gasteiger charge is 2.24. The van der Waals surface area contributed by atoms with Gasteiger partial charge in [-0.25, -0.2) is 0 Å². The van der Waals surface area contributed by atoms with Crippen LogP contribution in [0, 0.1) is 11.8 Å². The standard InChI is InChI=1S/C12H18O4/c13-11-5-6-12(14)16-8-10-2-1-9(3-4-10)7-15-11/h9-10H,1-8H2/t9-,10-. The third-order valence-corrected chi connectivity index (χ3v) is 3.46. The number of ether oxygens (including phenoxy) is 2. The molecule has 2 aliphatic heterocycles. The molecule has 0 aromatic heterocycles. The van der Waals surface area contributed by atoms with Gasteiger partial charge in [-0.2, -0.15) is 0 Å². The first-order valence-corrected chi connectivity index (χ1v) is 6.05. The second kappa shape index (κ2) is 5.32. The summed E-state index contributed by atoms with van der Waals surface area (Å²) in [6, 6.07) is 0. The van der Waals surface area contributed by atoms with Crippen molar-refractivity contribution < 1.29 is 19.1 Å². The van der Waals surface area contributed by atoms with Gasteiger partial charge in [-0.05, 0) is 37.5 Å². The molecule has 3 rings (SSSR count). The average molecular weight is 226 g/mol. The largest absolute Gasteiger partial charge is 0.465 e. The van der Waals surface area contributed by atoms with Crippen molar-refractivity contribution in [1.29, 1.82) is 0 Å². The summed E-state index contributed by atoms with van der Waals surface area (Å²) < 4.78 is 10.3. The van der Waals surface area contributed by atoms with Crippen LogP contribution in [-0.2, 0) is 19.1 Å². The Hall–Kier alpha value is -1.06. The molecule has 2 saturated heterocycles. The third-order valence-electron chi connectivity index (χ3n) is 3.46. The first kappa shape index (κ1) is 11.4. The van der Waals surface area contributed by atoms with E-state index >= 15 is 0 Å². The number of fused-ring (bicyclic) bond motifs is 9. The predicted molar refractivity (Wildman–Crippen MR) is 56.6 cm³/mol. The van der Waals surface area contributed by atoms with E-state index in [2.05, 4.69) is 0 Å². The second-order valence-corrected chi connectivity index (χ2v) is 4.75. The number of hydrogen-bond donors (Lipinski definition) is 0. The van der Waals surface area contributed by atoms with E-state index in [0.29, 0.717) is 25.0 Å². The summed E-state index contributed by atoms with van der Waals surface area (Å²) in [6.45, 7) is 1.06. The predicted octanol–water partition coefficient (Wildman–Crippen LogP) is 1.67. The van der Waals surface area contributed by atoms with Gasteiger partial charge in [0.25, 0.3) is 0 Å². The molecule has 0 unspecified atom stereocenters. The molecule has 0 aromatic carbocycles. The van der Waals surface area contributed by atoms with Gasteiger partial charge in [-0.15, -0.1) is 0 Å². The lowest BCUT2D eigenvalue weighted by atomic mass is 9.83. The van der Waals surface area contributed by atoms with Crippen LogP contribution in [0.4, 0.5) is 0 Å². The molecule has 4 nitrogen and oxygen atoms in total. The number of hydrogen-bond acceptors (Lipinski definition) is 4. The molecule has 16 heavy (non-hydrogen) atoms. The van der Waals surface area contributed by atoms with Gasteiger partial charge in [0.2, 0.25) is 0 Å². The highest BCUT2D eigenvalue weighted by Crippen LogP contribution is 2.29. The Morgan fingerprint density at radius 3 is 1.50 bits per heavy atom.